The standard InChI is InChI=1S/C14H18N2O5/c1-9(16(2)6-5-13(17)18)14(19)15-10-3-4-11-12(7-10)21-8-20-11/h3-4,7,9H,5-6,8H2,1-2H3,(H,15,19)(H,17,18). The summed E-state index contributed by atoms with van der Waals surface area (Å²) in [4.78, 5) is 24.4. The molecule has 1 aromatic rings. The van der Waals surface area contributed by atoms with Crippen LogP contribution in [0, 0.1) is 0 Å². The number of carbonyl (C=O) groups is 2. The quantitative estimate of drug-likeness (QED) is 0.818. The Morgan fingerprint density at radius 2 is 2.10 bits per heavy atom. The first-order valence-corrected chi connectivity index (χ1v) is 6.60. The van der Waals surface area contributed by atoms with Gasteiger partial charge in [0.05, 0.1) is 12.5 Å². The number of hydrogen-bond donors (Lipinski definition) is 2. The number of anilines is 1. The van der Waals surface area contributed by atoms with E-state index in [0.29, 0.717) is 23.7 Å². The van der Waals surface area contributed by atoms with Crippen LogP contribution >= 0.6 is 0 Å². The summed E-state index contributed by atoms with van der Waals surface area (Å²) in [7, 11) is 1.72. The van der Waals surface area contributed by atoms with Crippen LogP contribution in [0.1, 0.15) is 13.3 Å². The Morgan fingerprint density at radius 1 is 1.38 bits per heavy atom. The number of ether oxygens (including phenoxy) is 2. The van der Waals surface area contributed by atoms with Gasteiger partial charge in [0.2, 0.25) is 12.7 Å². The van der Waals surface area contributed by atoms with E-state index < -0.39 is 12.0 Å². The molecule has 0 radical (unpaired) electrons. The number of benzene rings is 1. The first-order chi connectivity index (χ1) is 9.97. The molecular formula is C14H18N2O5. The van der Waals surface area contributed by atoms with Crippen molar-refractivity contribution in [2.45, 2.75) is 19.4 Å². The molecule has 114 valence electrons. The summed E-state index contributed by atoms with van der Waals surface area (Å²) >= 11 is 0. The van der Waals surface area contributed by atoms with Gasteiger partial charge in [-0.15, -0.1) is 0 Å². The number of amides is 1. The van der Waals surface area contributed by atoms with Crippen molar-refractivity contribution >= 4 is 17.6 Å². The zero-order valence-electron chi connectivity index (χ0n) is 12.0. The molecule has 0 spiro atoms. The van der Waals surface area contributed by atoms with E-state index in [9.17, 15) is 9.59 Å². The number of nitrogens with one attached hydrogen (secondary N) is 1. The van der Waals surface area contributed by atoms with Crippen molar-refractivity contribution in [3.05, 3.63) is 18.2 Å². The lowest BCUT2D eigenvalue weighted by Gasteiger charge is -2.23. The lowest BCUT2D eigenvalue weighted by molar-refractivity contribution is -0.137. The van der Waals surface area contributed by atoms with Crippen LogP contribution in [0.4, 0.5) is 5.69 Å². The van der Waals surface area contributed by atoms with E-state index in [4.69, 9.17) is 14.6 Å². The average Bonchev–Trinajstić information content (AvgIpc) is 2.91. The molecule has 0 aliphatic carbocycles. The molecule has 0 bridgehead atoms. The molecule has 7 nitrogen and oxygen atoms in total. The molecule has 1 amide bonds. The summed E-state index contributed by atoms with van der Waals surface area (Å²) < 4.78 is 10.4. The molecule has 21 heavy (non-hydrogen) atoms. The minimum absolute atomic E-state index is 0.00184. The molecule has 1 atom stereocenters. The fraction of sp³-hybridized carbons (Fsp3) is 0.429. The summed E-state index contributed by atoms with van der Waals surface area (Å²) in [5.74, 6) is 0.159. The number of likely N-dealkylation sites (N-methyl/N-ethyl adjacent to an activating group) is 1. The Balaban J connectivity index is 1.92. The number of hydrogen-bond acceptors (Lipinski definition) is 5. The normalized spacial score (nSPS) is 14.0. The number of carboxylic acid groups (broad SMARTS) is 1. The summed E-state index contributed by atoms with van der Waals surface area (Å²) in [5.41, 5.74) is 0.614. The molecule has 2 N–H and O–H groups in total. The molecule has 1 aliphatic heterocycles. The van der Waals surface area contributed by atoms with Crippen LogP contribution in [0.15, 0.2) is 18.2 Å². The van der Waals surface area contributed by atoms with E-state index in [1.165, 1.54) is 0 Å². The maximum Gasteiger partial charge on any atom is 0.304 e. The van der Waals surface area contributed by atoms with Gasteiger partial charge in [0.25, 0.3) is 0 Å². The second-order valence-electron chi connectivity index (χ2n) is 4.86. The molecular weight excluding hydrogens is 276 g/mol. The highest BCUT2D eigenvalue weighted by atomic mass is 16.7. The van der Waals surface area contributed by atoms with Gasteiger partial charge in [0.15, 0.2) is 11.5 Å². The fourth-order valence-electron chi connectivity index (χ4n) is 1.89. The van der Waals surface area contributed by atoms with Crippen LogP contribution in [0.2, 0.25) is 0 Å². The Kier molecular flexibility index (Phi) is 4.64. The van der Waals surface area contributed by atoms with Crippen molar-refractivity contribution < 1.29 is 24.2 Å². The summed E-state index contributed by atoms with van der Waals surface area (Å²) in [6.45, 7) is 2.22. The van der Waals surface area contributed by atoms with Gasteiger partial charge in [-0.05, 0) is 26.1 Å². The van der Waals surface area contributed by atoms with E-state index in [2.05, 4.69) is 5.32 Å². The minimum Gasteiger partial charge on any atom is -0.481 e. The molecule has 0 aromatic heterocycles. The number of fused-ring (bicyclic) bond motifs is 1. The van der Waals surface area contributed by atoms with E-state index in [0.717, 1.165) is 0 Å². The second-order valence-corrected chi connectivity index (χ2v) is 4.86. The molecule has 0 saturated carbocycles. The third kappa shape index (κ3) is 3.85. The van der Waals surface area contributed by atoms with Crippen LogP contribution in [-0.4, -0.2) is 48.3 Å². The number of aliphatic carboxylic acids is 1. The van der Waals surface area contributed by atoms with Crippen LogP contribution in [0.25, 0.3) is 0 Å². The number of carbonyl (C=O) groups excluding carboxylic acids is 1. The largest absolute Gasteiger partial charge is 0.481 e. The second kappa shape index (κ2) is 6.45. The topological polar surface area (TPSA) is 88.1 Å². The van der Waals surface area contributed by atoms with Gasteiger partial charge in [0, 0.05) is 18.3 Å². The maximum absolute atomic E-state index is 12.1. The van der Waals surface area contributed by atoms with E-state index in [-0.39, 0.29) is 19.1 Å². The van der Waals surface area contributed by atoms with E-state index >= 15 is 0 Å². The van der Waals surface area contributed by atoms with Gasteiger partial charge in [-0.1, -0.05) is 0 Å². The van der Waals surface area contributed by atoms with Crippen LogP contribution < -0.4 is 14.8 Å². The van der Waals surface area contributed by atoms with Gasteiger partial charge in [0.1, 0.15) is 0 Å². The van der Waals surface area contributed by atoms with Crippen molar-refractivity contribution in [2.24, 2.45) is 0 Å². The molecule has 1 aromatic carbocycles. The Hall–Kier alpha value is -2.28. The van der Waals surface area contributed by atoms with Gasteiger partial charge < -0.3 is 19.9 Å². The van der Waals surface area contributed by atoms with Crippen LogP contribution in [0.5, 0.6) is 11.5 Å². The highest BCUT2D eigenvalue weighted by Gasteiger charge is 2.20. The smallest absolute Gasteiger partial charge is 0.304 e. The fourth-order valence-corrected chi connectivity index (χ4v) is 1.89. The summed E-state index contributed by atoms with van der Waals surface area (Å²) in [6, 6.07) is 4.73. The summed E-state index contributed by atoms with van der Waals surface area (Å²) in [5, 5.41) is 11.4. The molecule has 2 rings (SSSR count). The molecule has 7 heteroatoms. The Labute approximate surface area is 122 Å². The predicted octanol–water partition coefficient (Wildman–Crippen LogP) is 1.15. The van der Waals surface area contributed by atoms with Crippen LogP contribution in [-0.2, 0) is 9.59 Å². The highest BCUT2D eigenvalue weighted by molar-refractivity contribution is 5.94. The van der Waals surface area contributed by atoms with Gasteiger partial charge in [-0.3, -0.25) is 14.5 Å². The third-order valence-electron chi connectivity index (χ3n) is 3.36. The minimum atomic E-state index is -0.884. The Bertz CT molecular complexity index is 546. The highest BCUT2D eigenvalue weighted by Crippen LogP contribution is 2.34. The first-order valence-electron chi connectivity index (χ1n) is 6.60. The molecule has 1 unspecified atom stereocenters. The monoisotopic (exact) mass is 294 g/mol. The maximum atomic E-state index is 12.1. The zero-order valence-corrected chi connectivity index (χ0v) is 12.0. The van der Waals surface area contributed by atoms with Crippen LogP contribution in [0.3, 0.4) is 0 Å². The molecule has 0 fully saturated rings. The SMILES string of the molecule is CC(C(=O)Nc1ccc2c(c1)OCO2)N(C)CCC(=O)O. The first kappa shape index (κ1) is 15.1. The number of rotatable bonds is 6. The molecule has 0 saturated heterocycles. The van der Waals surface area contributed by atoms with Crippen molar-refractivity contribution in [1.29, 1.82) is 0 Å². The predicted molar refractivity (Wildman–Crippen MR) is 75.5 cm³/mol. The van der Waals surface area contributed by atoms with Crippen molar-refractivity contribution in [2.75, 3.05) is 25.7 Å². The average molecular weight is 294 g/mol. The zero-order chi connectivity index (χ0) is 15.4. The molecule has 1 aliphatic rings. The van der Waals surface area contributed by atoms with E-state index in [1.54, 1.807) is 37.1 Å². The van der Waals surface area contributed by atoms with Crippen molar-refractivity contribution in [3.8, 4) is 11.5 Å². The van der Waals surface area contributed by atoms with Crippen molar-refractivity contribution in [1.82, 2.24) is 4.90 Å². The molecule has 1 heterocycles. The number of nitrogens with zero attached hydrogens (tertiary/aromatic N) is 1. The number of carboxylic acids is 1. The van der Waals surface area contributed by atoms with E-state index in [1.807, 2.05) is 0 Å². The Morgan fingerprint density at radius 3 is 2.81 bits per heavy atom. The lowest BCUT2D eigenvalue weighted by Crippen LogP contribution is -2.40. The van der Waals surface area contributed by atoms with Gasteiger partial charge in [-0.25, -0.2) is 0 Å². The summed E-state index contributed by atoms with van der Waals surface area (Å²) in [6.07, 6.45) is -0.00184. The lowest BCUT2D eigenvalue weighted by atomic mass is 10.2. The van der Waals surface area contributed by atoms with Crippen molar-refractivity contribution in [3.63, 3.8) is 0 Å². The third-order valence-corrected chi connectivity index (χ3v) is 3.36. The van der Waals surface area contributed by atoms with Gasteiger partial charge in [-0.2, -0.15) is 0 Å². The van der Waals surface area contributed by atoms with Gasteiger partial charge >= 0.3 is 5.97 Å².